The number of fused-ring (bicyclic) bond motifs is 1. The van der Waals surface area contributed by atoms with E-state index in [4.69, 9.17) is 17.3 Å². The largest absolute Gasteiger partial charge is 0.319 e. The van der Waals surface area contributed by atoms with Gasteiger partial charge >= 0.3 is 0 Å². The van der Waals surface area contributed by atoms with Gasteiger partial charge in [0.2, 0.25) is 0 Å². The number of nitrogens with two attached hydrogens (primary N) is 1. The number of rotatable bonds is 2. The Bertz CT molecular complexity index is 705. The van der Waals surface area contributed by atoms with Gasteiger partial charge in [-0.2, -0.15) is 0 Å². The maximum Gasteiger partial charge on any atom is 0.0753 e. The molecule has 0 spiro atoms. The molecular weight excluding hydrogens is 258 g/mol. The average Bonchev–Trinajstić information content (AvgIpc) is 2.47. The van der Waals surface area contributed by atoms with Crippen LogP contribution in [0.2, 0.25) is 5.02 Å². The molecule has 0 saturated heterocycles. The first-order chi connectivity index (χ1) is 9.25. The molecule has 3 aromatic rings. The van der Waals surface area contributed by atoms with Gasteiger partial charge in [-0.25, -0.2) is 0 Å². The van der Waals surface area contributed by atoms with E-state index in [0.29, 0.717) is 5.02 Å². The van der Waals surface area contributed by atoms with Crippen molar-refractivity contribution >= 4 is 22.5 Å². The van der Waals surface area contributed by atoms with Gasteiger partial charge in [-0.15, -0.1) is 0 Å². The van der Waals surface area contributed by atoms with Crippen molar-refractivity contribution in [2.24, 2.45) is 5.73 Å². The van der Waals surface area contributed by atoms with Crippen LogP contribution in [-0.4, -0.2) is 9.97 Å². The third kappa shape index (κ3) is 2.30. The average molecular weight is 270 g/mol. The van der Waals surface area contributed by atoms with Crippen LogP contribution in [0.4, 0.5) is 0 Å². The second-order valence-electron chi connectivity index (χ2n) is 4.30. The molecule has 1 aromatic carbocycles. The Morgan fingerprint density at radius 1 is 1.00 bits per heavy atom. The van der Waals surface area contributed by atoms with Gasteiger partial charge in [0.25, 0.3) is 0 Å². The SMILES string of the molecule is NC(c1ccc(Cl)cn1)c1cccc2cccnc12. The normalized spacial score (nSPS) is 12.5. The summed E-state index contributed by atoms with van der Waals surface area (Å²) in [5.74, 6) is 0. The summed E-state index contributed by atoms with van der Waals surface area (Å²) >= 11 is 5.84. The molecule has 1 atom stereocenters. The second kappa shape index (κ2) is 4.96. The molecule has 94 valence electrons. The molecule has 0 saturated carbocycles. The van der Waals surface area contributed by atoms with E-state index in [-0.39, 0.29) is 6.04 Å². The van der Waals surface area contributed by atoms with Gasteiger partial charge in [0.1, 0.15) is 0 Å². The zero-order valence-electron chi connectivity index (χ0n) is 10.1. The van der Waals surface area contributed by atoms with Crippen molar-refractivity contribution in [1.29, 1.82) is 0 Å². The van der Waals surface area contributed by atoms with E-state index in [1.165, 1.54) is 0 Å². The molecule has 0 aliphatic carbocycles. The smallest absolute Gasteiger partial charge is 0.0753 e. The monoisotopic (exact) mass is 269 g/mol. The van der Waals surface area contributed by atoms with Crippen LogP contribution in [-0.2, 0) is 0 Å². The van der Waals surface area contributed by atoms with Crippen molar-refractivity contribution in [2.75, 3.05) is 0 Å². The van der Waals surface area contributed by atoms with E-state index in [9.17, 15) is 0 Å². The van der Waals surface area contributed by atoms with Crippen LogP contribution in [0.1, 0.15) is 17.3 Å². The number of aromatic nitrogens is 2. The van der Waals surface area contributed by atoms with Crippen molar-refractivity contribution in [2.45, 2.75) is 6.04 Å². The Morgan fingerprint density at radius 3 is 2.63 bits per heavy atom. The third-order valence-corrected chi connectivity index (χ3v) is 3.29. The number of hydrogen-bond acceptors (Lipinski definition) is 3. The van der Waals surface area contributed by atoms with Gasteiger partial charge in [-0.3, -0.25) is 9.97 Å². The molecule has 2 N–H and O–H groups in total. The number of nitrogens with zero attached hydrogens (tertiary/aromatic N) is 2. The van der Waals surface area contributed by atoms with Crippen LogP contribution in [0.3, 0.4) is 0 Å². The minimum absolute atomic E-state index is 0.309. The Hall–Kier alpha value is -1.97. The zero-order valence-corrected chi connectivity index (χ0v) is 10.9. The highest BCUT2D eigenvalue weighted by molar-refractivity contribution is 6.30. The summed E-state index contributed by atoms with van der Waals surface area (Å²) < 4.78 is 0. The highest BCUT2D eigenvalue weighted by Crippen LogP contribution is 2.25. The maximum absolute atomic E-state index is 6.29. The molecule has 4 heteroatoms. The van der Waals surface area contributed by atoms with Crippen molar-refractivity contribution in [3.63, 3.8) is 0 Å². The summed E-state index contributed by atoms with van der Waals surface area (Å²) in [6.07, 6.45) is 3.38. The van der Waals surface area contributed by atoms with Crippen LogP contribution in [0.25, 0.3) is 10.9 Å². The van der Waals surface area contributed by atoms with Gasteiger partial charge in [-0.05, 0) is 18.2 Å². The summed E-state index contributed by atoms with van der Waals surface area (Å²) in [6.45, 7) is 0. The molecule has 0 radical (unpaired) electrons. The summed E-state index contributed by atoms with van der Waals surface area (Å²) in [5.41, 5.74) is 8.94. The fraction of sp³-hybridized carbons (Fsp3) is 0.0667. The Kier molecular flexibility index (Phi) is 3.15. The van der Waals surface area contributed by atoms with Crippen LogP contribution in [0.15, 0.2) is 54.9 Å². The van der Waals surface area contributed by atoms with Gasteiger partial charge in [0.05, 0.1) is 22.3 Å². The molecule has 3 rings (SSSR count). The van der Waals surface area contributed by atoms with Crippen LogP contribution >= 0.6 is 11.6 Å². The quantitative estimate of drug-likeness (QED) is 0.776. The maximum atomic E-state index is 6.29. The number of hydrogen-bond donors (Lipinski definition) is 1. The first-order valence-corrected chi connectivity index (χ1v) is 6.34. The van der Waals surface area contributed by atoms with Gasteiger partial charge in [-0.1, -0.05) is 35.9 Å². The van der Waals surface area contributed by atoms with E-state index in [0.717, 1.165) is 22.2 Å². The lowest BCUT2D eigenvalue weighted by Crippen LogP contribution is -2.14. The molecule has 3 nitrogen and oxygen atoms in total. The molecule has 2 aromatic heterocycles. The lowest BCUT2D eigenvalue weighted by Gasteiger charge is -2.13. The van der Waals surface area contributed by atoms with Gasteiger partial charge < -0.3 is 5.73 Å². The van der Waals surface area contributed by atoms with E-state index in [1.54, 1.807) is 18.5 Å². The van der Waals surface area contributed by atoms with E-state index < -0.39 is 0 Å². The van der Waals surface area contributed by atoms with Crippen LogP contribution in [0, 0.1) is 0 Å². The fourth-order valence-electron chi connectivity index (χ4n) is 2.11. The summed E-state index contributed by atoms with van der Waals surface area (Å²) in [4.78, 5) is 8.69. The van der Waals surface area contributed by atoms with E-state index >= 15 is 0 Å². The lowest BCUT2D eigenvalue weighted by molar-refractivity contribution is 0.834. The molecule has 19 heavy (non-hydrogen) atoms. The van der Waals surface area contributed by atoms with Crippen LogP contribution in [0.5, 0.6) is 0 Å². The Labute approximate surface area is 116 Å². The van der Waals surface area contributed by atoms with Crippen molar-refractivity contribution in [1.82, 2.24) is 9.97 Å². The first-order valence-electron chi connectivity index (χ1n) is 5.96. The van der Waals surface area contributed by atoms with Crippen molar-refractivity contribution < 1.29 is 0 Å². The molecule has 0 amide bonds. The Morgan fingerprint density at radius 2 is 1.84 bits per heavy atom. The first kappa shape index (κ1) is 12.1. The van der Waals surface area contributed by atoms with Crippen molar-refractivity contribution in [3.05, 3.63) is 71.1 Å². The molecule has 2 heterocycles. The van der Waals surface area contributed by atoms with Gasteiger partial charge in [0.15, 0.2) is 0 Å². The third-order valence-electron chi connectivity index (χ3n) is 3.07. The second-order valence-corrected chi connectivity index (χ2v) is 4.74. The Balaban J connectivity index is 2.11. The topological polar surface area (TPSA) is 51.8 Å². The number of pyridine rings is 2. The lowest BCUT2D eigenvalue weighted by atomic mass is 10.0. The predicted octanol–water partition coefficient (Wildman–Crippen LogP) is 3.33. The van der Waals surface area contributed by atoms with Crippen LogP contribution < -0.4 is 5.73 Å². The minimum Gasteiger partial charge on any atom is -0.319 e. The molecule has 0 bridgehead atoms. The highest BCUT2D eigenvalue weighted by atomic mass is 35.5. The van der Waals surface area contributed by atoms with Crippen molar-refractivity contribution in [3.8, 4) is 0 Å². The number of para-hydroxylation sites is 1. The molecule has 0 aliphatic rings. The summed E-state index contributed by atoms with van der Waals surface area (Å²) in [6, 6.07) is 13.2. The number of halogens is 1. The van der Waals surface area contributed by atoms with E-state index in [1.807, 2.05) is 36.4 Å². The molecule has 0 fully saturated rings. The van der Waals surface area contributed by atoms with E-state index in [2.05, 4.69) is 9.97 Å². The molecular formula is C15H12ClN3. The fourth-order valence-corrected chi connectivity index (χ4v) is 2.22. The number of benzene rings is 1. The standard InChI is InChI=1S/C15H12ClN3/c16-11-6-7-13(19-9-11)14(17)12-5-1-3-10-4-2-8-18-15(10)12/h1-9,14H,17H2. The van der Waals surface area contributed by atoms with Gasteiger partial charge in [0, 0.05) is 23.3 Å². The summed E-state index contributed by atoms with van der Waals surface area (Å²) in [5, 5.41) is 1.68. The predicted molar refractivity (Wildman–Crippen MR) is 77.0 cm³/mol. The molecule has 1 unspecified atom stereocenters. The highest BCUT2D eigenvalue weighted by Gasteiger charge is 2.13. The minimum atomic E-state index is -0.309. The zero-order chi connectivity index (χ0) is 13.2. The summed E-state index contributed by atoms with van der Waals surface area (Å²) in [7, 11) is 0. The molecule has 0 aliphatic heterocycles.